The molecule has 0 aliphatic heterocycles. The second-order valence-electron chi connectivity index (χ2n) is 5.45. The molecule has 104 valence electrons. The van der Waals surface area contributed by atoms with Gasteiger partial charge in [0.15, 0.2) is 0 Å². The van der Waals surface area contributed by atoms with E-state index in [2.05, 4.69) is 15.6 Å². The molecule has 1 heterocycles. The first-order valence-corrected chi connectivity index (χ1v) is 6.26. The summed E-state index contributed by atoms with van der Waals surface area (Å²) in [6.45, 7) is 6.46. The van der Waals surface area contributed by atoms with E-state index in [0.29, 0.717) is 12.2 Å². The highest BCUT2D eigenvalue weighted by molar-refractivity contribution is 5.57. The molecule has 0 atom stereocenters. The highest BCUT2D eigenvalue weighted by Gasteiger charge is 2.15. The molecule has 1 N–H and O–H groups in total. The summed E-state index contributed by atoms with van der Waals surface area (Å²) in [6, 6.07) is 6.34. The zero-order valence-electron chi connectivity index (χ0n) is 11.7. The van der Waals surface area contributed by atoms with Crippen LogP contribution >= 0.6 is 0 Å². The van der Waals surface area contributed by atoms with Crippen LogP contribution in [-0.4, -0.2) is 15.0 Å². The lowest BCUT2D eigenvalue weighted by Gasteiger charge is -2.17. The van der Waals surface area contributed by atoms with E-state index in [-0.39, 0.29) is 11.1 Å². The molecule has 0 radical (unpaired) electrons. The molecule has 20 heavy (non-hydrogen) atoms. The summed E-state index contributed by atoms with van der Waals surface area (Å²) in [6.07, 6.45) is 1.83. The first-order valence-electron chi connectivity index (χ1n) is 6.26. The van der Waals surface area contributed by atoms with Crippen LogP contribution in [0.25, 0.3) is 0 Å². The topological polar surface area (TPSA) is 66.5 Å². The van der Waals surface area contributed by atoms with Gasteiger partial charge in [0, 0.05) is 0 Å². The van der Waals surface area contributed by atoms with E-state index in [1.165, 1.54) is 6.07 Å². The van der Waals surface area contributed by atoms with Gasteiger partial charge in [0.25, 0.3) is 0 Å². The molecule has 2 aromatic rings. The lowest BCUT2D eigenvalue weighted by atomic mass is 10.1. The number of nitrogens with one attached hydrogen (secondary N) is 1. The number of hydrogen-bond donors (Lipinski definition) is 1. The van der Waals surface area contributed by atoms with Crippen LogP contribution in [0, 0.1) is 17.1 Å². The van der Waals surface area contributed by atoms with Crippen molar-refractivity contribution in [1.82, 2.24) is 15.0 Å². The summed E-state index contributed by atoms with van der Waals surface area (Å²) < 4.78 is 15.2. The van der Waals surface area contributed by atoms with Gasteiger partial charge in [-0.1, -0.05) is 11.3 Å². The minimum Gasteiger partial charge on any atom is -0.378 e. The molecule has 0 unspecified atom stereocenters. The number of rotatable bonds is 3. The van der Waals surface area contributed by atoms with Crippen molar-refractivity contribution in [3.63, 3.8) is 0 Å². The number of benzene rings is 1. The summed E-state index contributed by atoms with van der Waals surface area (Å²) in [5.74, 6) is -0.532. The Hall–Kier alpha value is -2.42. The number of hydrogen-bond acceptors (Lipinski definition) is 4. The Labute approximate surface area is 117 Å². The second-order valence-corrected chi connectivity index (χ2v) is 5.45. The number of halogens is 1. The Morgan fingerprint density at radius 3 is 2.75 bits per heavy atom. The minimum absolute atomic E-state index is 0.00992. The van der Waals surface area contributed by atoms with E-state index in [0.717, 1.165) is 5.69 Å². The zero-order valence-corrected chi connectivity index (χ0v) is 11.7. The first kappa shape index (κ1) is 14.0. The highest BCUT2D eigenvalue weighted by Crippen LogP contribution is 2.18. The quantitative estimate of drug-likeness (QED) is 0.933. The summed E-state index contributed by atoms with van der Waals surface area (Å²) in [5, 5.41) is 20.0. The third-order valence-electron chi connectivity index (χ3n) is 2.81. The van der Waals surface area contributed by atoms with Crippen molar-refractivity contribution < 1.29 is 4.39 Å². The molecule has 0 fully saturated rings. The highest BCUT2D eigenvalue weighted by atomic mass is 19.1. The molecule has 0 saturated heterocycles. The molecule has 0 bridgehead atoms. The lowest BCUT2D eigenvalue weighted by Crippen LogP contribution is -2.22. The molecule has 0 spiro atoms. The third-order valence-corrected chi connectivity index (χ3v) is 2.81. The maximum absolute atomic E-state index is 13.4. The SMILES string of the molecule is CC(C)(C)n1cc(CNc2cccc(F)c2C#N)nn1. The summed E-state index contributed by atoms with van der Waals surface area (Å²) in [4.78, 5) is 0. The predicted molar refractivity (Wildman–Crippen MR) is 73.5 cm³/mol. The Kier molecular flexibility index (Phi) is 3.70. The fourth-order valence-corrected chi connectivity index (χ4v) is 1.68. The van der Waals surface area contributed by atoms with Crippen molar-refractivity contribution in [2.75, 3.05) is 5.32 Å². The molecule has 1 aromatic carbocycles. The van der Waals surface area contributed by atoms with Gasteiger partial charge in [-0.2, -0.15) is 5.26 Å². The molecule has 0 amide bonds. The van der Waals surface area contributed by atoms with E-state index in [1.807, 2.05) is 33.0 Å². The van der Waals surface area contributed by atoms with Gasteiger partial charge >= 0.3 is 0 Å². The minimum atomic E-state index is -0.532. The van der Waals surface area contributed by atoms with Crippen molar-refractivity contribution in [2.24, 2.45) is 0 Å². The molecule has 0 saturated carbocycles. The van der Waals surface area contributed by atoms with Gasteiger partial charge < -0.3 is 5.32 Å². The van der Waals surface area contributed by atoms with Crippen LogP contribution in [0.1, 0.15) is 32.0 Å². The molecule has 6 heteroatoms. The monoisotopic (exact) mass is 273 g/mol. The van der Waals surface area contributed by atoms with Crippen LogP contribution < -0.4 is 5.32 Å². The van der Waals surface area contributed by atoms with Gasteiger partial charge in [-0.25, -0.2) is 9.07 Å². The van der Waals surface area contributed by atoms with Gasteiger partial charge in [0.2, 0.25) is 0 Å². The molecule has 1 aromatic heterocycles. The smallest absolute Gasteiger partial charge is 0.143 e. The normalized spacial score (nSPS) is 11.2. The van der Waals surface area contributed by atoms with Crippen LogP contribution in [0.2, 0.25) is 0 Å². The average molecular weight is 273 g/mol. The van der Waals surface area contributed by atoms with Gasteiger partial charge in [-0.15, -0.1) is 5.10 Å². The van der Waals surface area contributed by atoms with Gasteiger partial charge in [-0.3, -0.25) is 0 Å². The molecule has 5 nitrogen and oxygen atoms in total. The van der Waals surface area contributed by atoms with E-state index in [1.54, 1.807) is 16.8 Å². The standard InChI is InChI=1S/C14H16FN5/c1-14(2,3)20-9-10(18-19-20)8-17-13-6-4-5-12(15)11(13)7-16/h4-6,9,17H,8H2,1-3H3. The molecular weight excluding hydrogens is 257 g/mol. The predicted octanol–water partition coefficient (Wildman–Crippen LogP) is 2.66. The molecular formula is C14H16FN5. The van der Waals surface area contributed by atoms with Crippen molar-refractivity contribution in [3.05, 3.63) is 41.5 Å². The van der Waals surface area contributed by atoms with E-state index < -0.39 is 5.82 Å². The average Bonchev–Trinajstić information content (AvgIpc) is 2.85. The Morgan fingerprint density at radius 1 is 1.40 bits per heavy atom. The molecule has 2 rings (SSSR count). The van der Waals surface area contributed by atoms with Crippen molar-refractivity contribution in [1.29, 1.82) is 5.26 Å². The van der Waals surface area contributed by atoms with Crippen molar-refractivity contribution in [3.8, 4) is 6.07 Å². The molecule has 0 aliphatic rings. The summed E-state index contributed by atoms with van der Waals surface area (Å²) in [7, 11) is 0. The van der Waals surface area contributed by atoms with Gasteiger partial charge in [0.05, 0.1) is 24.0 Å². The van der Waals surface area contributed by atoms with Crippen LogP contribution in [-0.2, 0) is 12.1 Å². The Bertz CT molecular complexity index is 648. The number of nitrogens with zero attached hydrogens (tertiary/aromatic N) is 4. The fraction of sp³-hybridized carbons (Fsp3) is 0.357. The van der Waals surface area contributed by atoms with Gasteiger partial charge in [-0.05, 0) is 32.9 Å². The van der Waals surface area contributed by atoms with Gasteiger partial charge in [0.1, 0.15) is 23.1 Å². The molecule has 0 aliphatic carbocycles. The van der Waals surface area contributed by atoms with Crippen molar-refractivity contribution >= 4 is 5.69 Å². The van der Waals surface area contributed by atoms with E-state index in [4.69, 9.17) is 5.26 Å². The lowest BCUT2D eigenvalue weighted by molar-refractivity contribution is 0.347. The summed E-state index contributed by atoms with van der Waals surface area (Å²) in [5.41, 5.74) is 1.06. The Morgan fingerprint density at radius 2 is 2.15 bits per heavy atom. The Balaban J connectivity index is 2.12. The van der Waals surface area contributed by atoms with Crippen molar-refractivity contribution in [2.45, 2.75) is 32.9 Å². The van der Waals surface area contributed by atoms with Crippen LogP contribution in [0.15, 0.2) is 24.4 Å². The van der Waals surface area contributed by atoms with Crippen LogP contribution in [0.4, 0.5) is 10.1 Å². The number of aromatic nitrogens is 3. The third kappa shape index (κ3) is 2.94. The maximum Gasteiger partial charge on any atom is 0.143 e. The van der Waals surface area contributed by atoms with Crippen LogP contribution in [0.5, 0.6) is 0 Å². The fourth-order valence-electron chi connectivity index (χ4n) is 1.68. The summed E-state index contributed by atoms with van der Waals surface area (Å²) >= 11 is 0. The van der Waals surface area contributed by atoms with E-state index >= 15 is 0 Å². The van der Waals surface area contributed by atoms with E-state index in [9.17, 15) is 4.39 Å². The second kappa shape index (κ2) is 5.29. The first-order chi connectivity index (χ1) is 9.41. The number of anilines is 1. The number of nitriles is 1. The zero-order chi connectivity index (χ0) is 14.8. The largest absolute Gasteiger partial charge is 0.378 e. The maximum atomic E-state index is 13.4. The van der Waals surface area contributed by atoms with Crippen LogP contribution in [0.3, 0.4) is 0 Å².